The zero-order valence-electron chi connectivity index (χ0n) is 6.92. The van der Waals surface area contributed by atoms with E-state index in [1.54, 1.807) is 20.8 Å². The smallest absolute Gasteiger partial charge is 0.313 e. The molecule has 11 heavy (non-hydrogen) atoms. The van der Waals surface area contributed by atoms with E-state index >= 15 is 0 Å². The van der Waals surface area contributed by atoms with E-state index in [2.05, 4.69) is 15.5 Å². The average Bonchev–Trinajstić information content (AvgIpc) is 1.80. The lowest BCUT2D eigenvalue weighted by atomic mass is 9.98. The Morgan fingerprint density at radius 1 is 1.45 bits per heavy atom. The highest BCUT2D eigenvalue weighted by Gasteiger charge is 2.22. The van der Waals surface area contributed by atoms with Gasteiger partial charge in [0.15, 0.2) is 0 Å². The lowest BCUT2D eigenvalue weighted by Gasteiger charge is -2.15. The van der Waals surface area contributed by atoms with Gasteiger partial charge in [-0.1, -0.05) is 0 Å². The molecule has 0 heterocycles. The van der Waals surface area contributed by atoms with E-state index in [1.807, 2.05) is 0 Å². The first-order chi connectivity index (χ1) is 4.48. The Bertz CT molecular complexity index is 121. The van der Waals surface area contributed by atoms with Crippen molar-refractivity contribution in [3.05, 3.63) is 0 Å². The topological polar surface area (TPSA) is 61.5 Å². The van der Waals surface area contributed by atoms with Crippen LogP contribution in [-0.2, 0) is 14.4 Å². The second-order valence-corrected chi connectivity index (χ2v) is 2.97. The maximum atomic E-state index is 10.9. The molecule has 0 radical (unpaired) electrons. The van der Waals surface area contributed by atoms with E-state index in [-0.39, 0.29) is 25.2 Å². The monoisotopic (exact) mass is 183 g/mol. The van der Waals surface area contributed by atoms with Crippen molar-refractivity contribution in [2.24, 2.45) is 11.3 Å². The predicted molar refractivity (Wildman–Crippen MR) is 42.9 cm³/mol. The first-order valence-electron chi connectivity index (χ1n) is 2.97. The number of rotatable bonds is 2. The summed E-state index contributed by atoms with van der Waals surface area (Å²) in [5, 5.41) is 0. The van der Waals surface area contributed by atoms with Crippen LogP contribution in [0.1, 0.15) is 20.8 Å². The van der Waals surface area contributed by atoms with Crippen LogP contribution in [0, 0.1) is 5.41 Å². The molecule has 0 saturated heterocycles. The van der Waals surface area contributed by atoms with Crippen molar-refractivity contribution in [1.29, 1.82) is 0 Å². The lowest BCUT2D eigenvalue weighted by Crippen LogP contribution is -2.24. The zero-order valence-corrected chi connectivity index (χ0v) is 7.73. The van der Waals surface area contributed by atoms with E-state index in [4.69, 9.17) is 0 Å². The van der Waals surface area contributed by atoms with Gasteiger partial charge in [-0.3, -0.25) is 9.63 Å². The number of nitrogens with two attached hydrogens (primary N) is 1. The number of hydrogen-bond acceptors (Lipinski definition) is 4. The largest absolute Gasteiger partial charge is 0.436 e. The van der Waals surface area contributed by atoms with Crippen LogP contribution in [0.15, 0.2) is 0 Å². The fourth-order valence-electron chi connectivity index (χ4n) is 0.304. The van der Waals surface area contributed by atoms with E-state index < -0.39 is 5.41 Å². The zero-order chi connectivity index (χ0) is 8.20. The fraction of sp³-hybridized carbons (Fsp3) is 0.833. The Morgan fingerprint density at radius 2 is 1.91 bits per heavy atom. The van der Waals surface area contributed by atoms with Gasteiger partial charge in [0.1, 0.15) is 0 Å². The van der Waals surface area contributed by atoms with Crippen LogP contribution >= 0.6 is 12.4 Å². The third kappa shape index (κ3) is 6.09. The van der Waals surface area contributed by atoms with E-state index in [0.717, 1.165) is 0 Å². The van der Waals surface area contributed by atoms with Crippen LogP contribution in [0.3, 0.4) is 0 Å². The van der Waals surface area contributed by atoms with Crippen LogP contribution in [0.25, 0.3) is 0 Å². The average molecular weight is 184 g/mol. The number of hydrogen-bond donors (Lipinski definition) is 1. The predicted octanol–water partition coefficient (Wildman–Crippen LogP) is 0.845. The second-order valence-electron chi connectivity index (χ2n) is 2.97. The third-order valence-corrected chi connectivity index (χ3v) is 0.870. The molecule has 0 aromatic heterocycles. The van der Waals surface area contributed by atoms with Gasteiger partial charge < -0.3 is 4.74 Å². The number of halogens is 1. The molecular weight excluding hydrogens is 170 g/mol. The van der Waals surface area contributed by atoms with Crippen molar-refractivity contribution >= 4 is 18.4 Å². The molecule has 0 aliphatic rings. The van der Waals surface area contributed by atoms with Crippen molar-refractivity contribution in [1.82, 2.24) is 0 Å². The van der Waals surface area contributed by atoms with Gasteiger partial charge in [0.2, 0.25) is 6.79 Å². The van der Waals surface area contributed by atoms with Gasteiger partial charge in [-0.25, -0.2) is 5.90 Å². The fourth-order valence-corrected chi connectivity index (χ4v) is 0.304. The molecule has 0 aromatic carbocycles. The molecule has 0 fully saturated rings. The number of carbonyl (C=O) groups excluding carboxylic acids is 1. The third-order valence-electron chi connectivity index (χ3n) is 0.870. The maximum Gasteiger partial charge on any atom is 0.313 e. The molecule has 5 heteroatoms. The minimum absolute atomic E-state index is 0. The van der Waals surface area contributed by atoms with Crippen molar-refractivity contribution in [3.8, 4) is 0 Å². The van der Waals surface area contributed by atoms with Gasteiger partial charge in [0.25, 0.3) is 0 Å². The molecule has 0 spiro atoms. The van der Waals surface area contributed by atoms with Crippen LogP contribution in [0.5, 0.6) is 0 Å². The van der Waals surface area contributed by atoms with Gasteiger partial charge in [0, 0.05) is 0 Å². The molecule has 0 saturated carbocycles. The summed E-state index contributed by atoms with van der Waals surface area (Å²) in [5.41, 5.74) is -0.488. The summed E-state index contributed by atoms with van der Waals surface area (Å²) >= 11 is 0. The van der Waals surface area contributed by atoms with E-state index in [1.165, 1.54) is 0 Å². The number of carbonyl (C=O) groups is 1. The quantitative estimate of drug-likeness (QED) is 0.392. The van der Waals surface area contributed by atoms with Gasteiger partial charge >= 0.3 is 5.97 Å². The lowest BCUT2D eigenvalue weighted by molar-refractivity contribution is -0.166. The van der Waals surface area contributed by atoms with Crippen LogP contribution in [-0.4, -0.2) is 12.8 Å². The summed E-state index contributed by atoms with van der Waals surface area (Å²) in [6.45, 7) is 5.08. The van der Waals surface area contributed by atoms with E-state index in [0.29, 0.717) is 0 Å². The SMILES string of the molecule is CC(C)(C)C(=O)OCON.Cl. The molecule has 0 amide bonds. The summed E-state index contributed by atoms with van der Waals surface area (Å²) in [5.74, 6) is 4.32. The number of ether oxygens (including phenoxy) is 1. The van der Waals surface area contributed by atoms with Crippen molar-refractivity contribution in [2.45, 2.75) is 20.8 Å². The Kier molecular flexibility index (Phi) is 6.46. The van der Waals surface area contributed by atoms with Crippen molar-refractivity contribution in [2.75, 3.05) is 6.79 Å². The van der Waals surface area contributed by atoms with Crippen molar-refractivity contribution in [3.63, 3.8) is 0 Å². The van der Waals surface area contributed by atoms with Crippen LogP contribution < -0.4 is 5.90 Å². The molecule has 0 aliphatic heterocycles. The van der Waals surface area contributed by atoms with Crippen molar-refractivity contribution < 1.29 is 14.4 Å². The molecule has 0 aliphatic carbocycles. The highest BCUT2D eigenvalue weighted by atomic mass is 35.5. The first kappa shape index (κ1) is 13.3. The minimum atomic E-state index is -0.488. The Labute approximate surface area is 72.4 Å². The van der Waals surface area contributed by atoms with Gasteiger partial charge in [-0.05, 0) is 20.8 Å². The van der Waals surface area contributed by atoms with Crippen LogP contribution in [0.4, 0.5) is 0 Å². The summed E-state index contributed by atoms with van der Waals surface area (Å²) in [6.07, 6.45) is 0. The molecule has 0 rings (SSSR count). The molecule has 68 valence electrons. The maximum absolute atomic E-state index is 10.9. The standard InChI is InChI=1S/C6H13NO3.ClH/c1-6(2,3)5(8)9-4-10-7;/h4,7H2,1-3H3;1H. The highest BCUT2D eigenvalue weighted by Crippen LogP contribution is 2.14. The molecule has 4 nitrogen and oxygen atoms in total. The van der Waals surface area contributed by atoms with Gasteiger partial charge in [0.05, 0.1) is 5.41 Å². The van der Waals surface area contributed by atoms with E-state index in [9.17, 15) is 4.79 Å². The summed E-state index contributed by atoms with van der Waals surface area (Å²) < 4.78 is 4.57. The molecule has 0 bridgehead atoms. The van der Waals surface area contributed by atoms with Crippen LogP contribution in [0.2, 0.25) is 0 Å². The summed E-state index contributed by atoms with van der Waals surface area (Å²) in [4.78, 5) is 14.9. The Morgan fingerprint density at radius 3 is 2.18 bits per heavy atom. The Hall–Kier alpha value is -0.320. The Balaban J connectivity index is 0. The first-order valence-corrected chi connectivity index (χ1v) is 2.97. The summed E-state index contributed by atoms with van der Waals surface area (Å²) in [6, 6.07) is 0. The normalized spacial score (nSPS) is 10.2. The highest BCUT2D eigenvalue weighted by molar-refractivity contribution is 5.85. The second kappa shape index (κ2) is 5.35. The molecule has 0 unspecified atom stereocenters. The summed E-state index contributed by atoms with van der Waals surface area (Å²) in [7, 11) is 0. The molecular formula is C6H14ClNO3. The minimum Gasteiger partial charge on any atom is -0.436 e. The number of esters is 1. The molecule has 0 atom stereocenters. The molecule has 0 aromatic rings. The molecule has 2 N–H and O–H groups in total. The van der Waals surface area contributed by atoms with Gasteiger partial charge in [-0.2, -0.15) is 0 Å². The van der Waals surface area contributed by atoms with Gasteiger partial charge in [-0.15, -0.1) is 12.4 Å².